The fraction of sp³-hybridized carbons (Fsp3) is 1.00. The van der Waals surface area contributed by atoms with Crippen molar-refractivity contribution in [3.05, 3.63) is 0 Å². The van der Waals surface area contributed by atoms with Crippen molar-refractivity contribution in [3.8, 4) is 0 Å². The molecule has 0 aromatic heterocycles. The second kappa shape index (κ2) is 8.86. The van der Waals surface area contributed by atoms with Crippen molar-refractivity contribution in [2.75, 3.05) is 0 Å². The molecule has 0 saturated carbocycles. The van der Waals surface area contributed by atoms with E-state index in [1.807, 2.05) is 0 Å². The third-order valence-corrected chi connectivity index (χ3v) is 0. The molecule has 0 aliphatic heterocycles. The summed E-state index contributed by atoms with van der Waals surface area (Å²) in [5.74, 6) is 0. The molecule has 0 saturated heterocycles. The summed E-state index contributed by atoms with van der Waals surface area (Å²) in [5.41, 5.74) is 0. The molecule has 0 aliphatic rings. The van der Waals surface area contributed by atoms with Crippen LogP contribution in [0.2, 0.25) is 3.93 Å². The van der Waals surface area contributed by atoms with Gasteiger partial charge in [0.05, 0.1) is 0 Å². The molecule has 4 heavy (non-hydrogen) atoms. The largest absolute Gasteiger partial charge is 0.197 e. The molecule has 0 radical (unpaired) electrons. The number of hydrogen-bond acceptors (Lipinski definition) is 0. The fourth-order valence-electron chi connectivity index (χ4n) is 0. The maximum Gasteiger partial charge on any atom is -0.197 e. The monoisotopic (exact) mass is 265 g/mol. The van der Waals surface area contributed by atoms with Gasteiger partial charge in [-0.25, -0.2) is 0 Å². The third kappa shape index (κ3) is 10.4. The number of rotatable bonds is 0. The van der Waals surface area contributed by atoms with Gasteiger partial charge in [-0.3, -0.25) is 0 Å². The van der Waals surface area contributed by atoms with Gasteiger partial charge in [-0.05, 0) is 0 Å². The average Bonchev–Trinajstić information content (AvgIpc) is 0.918. The van der Waals surface area contributed by atoms with Crippen molar-refractivity contribution >= 4 is 13.5 Å². The Morgan fingerprint density at radius 1 is 1.75 bits per heavy atom. The van der Waals surface area contributed by atoms with Crippen LogP contribution in [0, 0.1) is 0 Å². The molecule has 0 heterocycles. The minimum absolute atomic E-state index is 0. The van der Waals surface area contributed by atoms with E-state index in [9.17, 15) is 0 Å². The van der Waals surface area contributed by atoms with E-state index in [-0.39, 0.29) is 13.5 Å². The summed E-state index contributed by atoms with van der Waals surface area (Å²) in [4.78, 5) is 0. The normalized spacial score (nSPS) is 4.75. The van der Waals surface area contributed by atoms with Gasteiger partial charge < -0.3 is 0 Å². The van der Waals surface area contributed by atoms with Crippen LogP contribution in [0.1, 0.15) is 6.92 Å². The van der Waals surface area contributed by atoms with Crippen LogP contribution in [0.15, 0.2) is 0 Å². The summed E-state index contributed by atoms with van der Waals surface area (Å²) < 4.78 is 1.44. The Balaban J connectivity index is 0. The van der Waals surface area contributed by atoms with E-state index in [1.165, 1.54) is 3.93 Å². The zero-order valence-corrected chi connectivity index (χ0v) is 9.41. The van der Waals surface area contributed by atoms with E-state index in [0.717, 1.165) is 26.1 Å². The molecule has 0 aromatic carbocycles. The minimum Gasteiger partial charge on any atom is -0.197 e. The van der Waals surface area contributed by atoms with Gasteiger partial charge in [-0.1, -0.05) is 0 Å². The van der Waals surface area contributed by atoms with Crippen LogP contribution >= 0.6 is 13.5 Å². The first kappa shape index (κ1) is 8.99. The van der Waals surface area contributed by atoms with E-state index in [1.54, 1.807) is 0 Å². The average molecular weight is 264 g/mol. The molecule has 0 N–H and O–H groups in total. The molecule has 0 aliphatic carbocycles. The van der Waals surface area contributed by atoms with Crippen molar-refractivity contribution in [3.63, 3.8) is 0 Å². The molecule has 0 fully saturated rings. The summed E-state index contributed by atoms with van der Waals surface area (Å²) in [6.45, 7) is 2.21. The Labute approximate surface area is 50.4 Å². The summed E-state index contributed by atoms with van der Waals surface area (Å²) in [6, 6.07) is 0. The molecule has 0 atom stereocenters. The van der Waals surface area contributed by atoms with Crippen molar-refractivity contribution in [1.29, 1.82) is 0 Å². The predicted octanol–water partition coefficient (Wildman–Crippen LogP) is 1.08. The first-order valence-electron chi connectivity index (χ1n) is 1.21. The third-order valence-electron chi connectivity index (χ3n) is 0. The van der Waals surface area contributed by atoms with Gasteiger partial charge in [-0.15, -0.1) is 0 Å². The van der Waals surface area contributed by atoms with Crippen LogP contribution in [0.25, 0.3) is 0 Å². The van der Waals surface area contributed by atoms with E-state index in [4.69, 9.17) is 0 Å². The molecule has 0 unspecified atom stereocenters. The zero-order valence-electron chi connectivity index (χ0n) is 2.91. The minimum atomic E-state index is 0. The first-order valence-corrected chi connectivity index (χ1v) is 5.09. The second-order valence-corrected chi connectivity index (χ2v) is 4.39. The molecule has 0 nitrogen and oxygen atoms in total. The maximum atomic E-state index is 2.21. The molecule has 0 rings (SSSR count). The summed E-state index contributed by atoms with van der Waals surface area (Å²) in [6.07, 6.45) is 0. The molecular formula is C2H7HgS. The Morgan fingerprint density at radius 2 is 1.75 bits per heavy atom. The molecule has 0 aromatic rings. The molecule has 0 amide bonds. The number of hydrogen-bond donors (Lipinski definition) is 0. The van der Waals surface area contributed by atoms with Gasteiger partial charge in [0, 0.05) is 0 Å². The Bertz CT molecular complexity index is 6.00. The van der Waals surface area contributed by atoms with E-state index in [0.29, 0.717) is 0 Å². The van der Waals surface area contributed by atoms with E-state index < -0.39 is 0 Å². The second-order valence-electron chi connectivity index (χ2n) is 0.500. The molecule has 23 valence electrons. The molecule has 0 spiro atoms. The Kier molecular flexibility index (Phi) is 19.9. The van der Waals surface area contributed by atoms with Gasteiger partial charge in [0.1, 0.15) is 0 Å². The van der Waals surface area contributed by atoms with Crippen molar-refractivity contribution in [2.24, 2.45) is 0 Å². The summed E-state index contributed by atoms with van der Waals surface area (Å²) in [7, 11) is 0. The van der Waals surface area contributed by atoms with Crippen LogP contribution in [0.3, 0.4) is 0 Å². The smallest absolute Gasteiger partial charge is 0.197 e. The van der Waals surface area contributed by atoms with Gasteiger partial charge in [0.2, 0.25) is 0 Å². The maximum absolute atomic E-state index is 2.21. The SMILES string of the molecule is C[CH2][Hg].S. The van der Waals surface area contributed by atoms with Gasteiger partial charge in [0.15, 0.2) is 0 Å². The van der Waals surface area contributed by atoms with Crippen LogP contribution in [0.5, 0.6) is 0 Å². The van der Waals surface area contributed by atoms with Crippen molar-refractivity contribution in [1.82, 2.24) is 0 Å². The summed E-state index contributed by atoms with van der Waals surface area (Å²) >= 11 is 1.07. The zero-order chi connectivity index (χ0) is 2.71. The van der Waals surface area contributed by atoms with Crippen LogP contribution < -0.4 is 0 Å². The molecule has 2 heteroatoms. The van der Waals surface area contributed by atoms with Gasteiger partial charge in [-0.2, -0.15) is 13.5 Å². The standard InChI is InChI=1S/C2H5.Hg.H2S/c1-2;;/h1H2,2H3;;1H2. The van der Waals surface area contributed by atoms with E-state index in [2.05, 4.69) is 6.92 Å². The molecular weight excluding hydrogens is 257 g/mol. The van der Waals surface area contributed by atoms with Crippen LogP contribution in [-0.2, 0) is 26.1 Å². The summed E-state index contributed by atoms with van der Waals surface area (Å²) in [5, 5.41) is 0. The van der Waals surface area contributed by atoms with Gasteiger partial charge >= 0.3 is 37.0 Å². The molecule has 0 bridgehead atoms. The fourth-order valence-corrected chi connectivity index (χ4v) is 0. The Morgan fingerprint density at radius 3 is 1.75 bits per heavy atom. The van der Waals surface area contributed by atoms with Crippen LogP contribution in [-0.4, -0.2) is 0 Å². The predicted molar refractivity (Wildman–Crippen MR) is 20.9 cm³/mol. The quantitative estimate of drug-likeness (QED) is 0.574. The van der Waals surface area contributed by atoms with Crippen molar-refractivity contribution < 1.29 is 26.1 Å². The topological polar surface area (TPSA) is 0 Å². The van der Waals surface area contributed by atoms with Crippen LogP contribution in [0.4, 0.5) is 0 Å². The van der Waals surface area contributed by atoms with Gasteiger partial charge in [0.25, 0.3) is 0 Å². The van der Waals surface area contributed by atoms with Crippen molar-refractivity contribution in [2.45, 2.75) is 10.9 Å². The Hall–Kier alpha value is 1.29. The first-order chi connectivity index (χ1) is 1.41. The van der Waals surface area contributed by atoms with E-state index >= 15 is 0 Å².